The zero-order chi connectivity index (χ0) is 12.3. The fourth-order valence-electron chi connectivity index (χ4n) is 1.89. The number of hydrogen-bond donors (Lipinski definition) is 0. The third kappa shape index (κ3) is 1.96. The Morgan fingerprint density at radius 2 is 2.06 bits per heavy atom. The topological polar surface area (TPSA) is 35.5 Å². The molecule has 0 N–H and O–H groups in total. The van der Waals surface area contributed by atoms with Crippen molar-refractivity contribution in [3.63, 3.8) is 0 Å². The van der Waals surface area contributed by atoms with Crippen LogP contribution in [0, 0.1) is 0 Å². The van der Waals surface area contributed by atoms with Crippen molar-refractivity contribution in [1.82, 2.24) is 0 Å². The van der Waals surface area contributed by atoms with Gasteiger partial charge in [-0.3, -0.25) is 4.79 Å². The van der Waals surface area contributed by atoms with Crippen LogP contribution in [0.25, 0.3) is 10.8 Å². The molecule has 0 radical (unpaired) electrons. The summed E-state index contributed by atoms with van der Waals surface area (Å²) in [7, 11) is 1.57. The molecular weight excluding hydrogens is 216 g/mol. The van der Waals surface area contributed by atoms with E-state index in [4.69, 9.17) is 9.47 Å². The maximum absolute atomic E-state index is 11.2. The molecule has 17 heavy (non-hydrogen) atoms. The summed E-state index contributed by atoms with van der Waals surface area (Å²) in [6, 6.07) is 9.56. The molecule has 0 bridgehead atoms. The van der Waals surface area contributed by atoms with E-state index in [-0.39, 0.29) is 0 Å². The molecule has 0 aliphatic rings. The highest BCUT2D eigenvalue weighted by atomic mass is 16.5. The monoisotopic (exact) mass is 230 g/mol. The quantitative estimate of drug-likeness (QED) is 0.757. The van der Waals surface area contributed by atoms with Crippen LogP contribution < -0.4 is 9.47 Å². The summed E-state index contributed by atoms with van der Waals surface area (Å²) in [5, 5.41) is 1.85. The van der Waals surface area contributed by atoms with E-state index in [2.05, 4.69) is 0 Å². The third-order valence-electron chi connectivity index (χ3n) is 2.63. The van der Waals surface area contributed by atoms with Gasteiger partial charge in [0.2, 0.25) is 0 Å². The molecule has 2 aromatic rings. The van der Waals surface area contributed by atoms with Crippen LogP contribution in [0.5, 0.6) is 11.5 Å². The van der Waals surface area contributed by atoms with Crippen molar-refractivity contribution in [3.8, 4) is 11.5 Å². The Morgan fingerprint density at radius 3 is 2.71 bits per heavy atom. The van der Waals surface area contributed by atoms with Gasteiger partial charge in [0.05, 0.1) is 19.3 Å². The lowest BCUT2D eigenvalue weighted by atomic mass is 10.0. The van der Waals surface area contributed by atoms with Crippen LogP contribution in [0.3, 0.4) is 0 Å². The first kappa shape index (κ1) is 11.5. The highest BCUT2D eigenvalue weighted by molar-refractivity contribution is 6.02. The number of ether oxygens (including phenoxy) is 2. The molecule has 2 rings (SSSR count). The second kappa shape index (κ2) is 4.87. The standard InChI is InChI=1S/C14H14O3/c1-3-17-14-12(9-15)11-7-5-4-6-10(11)8-13(14)16-2/h4-9H,3H2,1-2H3. The molecule has 0 spiro atoms. The summed E-state index contributed by atoms with van der Waals surface area (Å²) in [5.41, 5.74) is 0.543. The molecule has 0 aliphatic carbocycles. The normalized spacial score (nSPS) is 10.2. The number of carbonyl (C=O) groups excluding carboxylic acids is 1. The molecule has 0 aromatic heterocycles. The number of fused-ring (bicyclic) bond motifs is 1. The molecule has 0 atom stereocenters. The van der Waals surface area contributed by atoms with Crippen LogP contribution in [0.1, 0.15) is 17.3 Å². The average Bonchev–Trinajstić information content (AvgIpc) is 2.38. The number of methoxy groups -OCH3 is 1. The van der Waals surface area contributed by atoms with Gasteiger partial charge in [0.1, 0.15) is 0 Å². The van der Waals surface area contributed by atoms with Gasteiger partial charge < -0.3 is 9.47 Å². The first-order valence-electron chi connectivity index (χ1n) is 5.49. The number of rotatable bonds is 4. The van der Waals surface area contributed by atoms with Crippen LogP contribution in [-0.2, 0) is 0 Å². The molecule has 3 heteroatoms. The van der Waals surface area contributed by atoms with Crippen molar-refractivity contribution in [3.05, 3.63) is 35.9 Å². The summed E-state index contributed by atoms with van der Waals surface area (Å²) in [6.07, 6.45) is 0.815. The van der Waals surface area contributed by atoms with E-state index in [0.717, 1.165) is 17.1 Å². The largest absolute Gasteiger partial charge is 0.493 e. The molecule has 0 aliphatic heterocycles. The van der Waals surface area contributed by atoms with Crippen molar-refractivity contribution in [2.75, 3.05) is 13.7 Å². The first-order valence-corrected chi connectivity index (χ1v) is 5.49. The zero-order valence-electron chi connectivity index (χ0n) is 9.90. The number of carbonyl (C=O) groups is 1. The van der Waals surface area contributed by atoms with Crippen molar-refractivity contribution < 1.29 is 14.3 Å². The third-order valence-corrected chi connectivity index (χ3v) is 2.63. The Labute approximate surface area is 100.0 Å². The SMILES string of the molecule is CCOc1c(OC)cc2ccccc2c1C=O. The molecule has 0 fully saturated rings. The highest BCUT2D eigenvalue weighted by Crippen LogP contribution is 2.36. The molecule has 0 heterocycles. The smallest absolute Gasteiger partial charge is 0.172 e. The van der Waals surface area contributed by atoms with Gasteiger partial charge in [-0.2, -0.15) is 0 Å². The van der Waals surface area contributed by atoms with Crippen LogP contribution in [-0.4, -0.2) is 20.0 Å². The van der Waals surface area contributed by atoms with Gasteiger partial charge in [-0.1, -0.05) is 24.3 Å². The molecule has 88 valence electrons. The van der Waals surface area contributed by atoms with Gasteiger partial charge in [-0.25, -0.2) is 0 Å². The number of hydrogen-bond acceptors (Lipinski definition) is 3. The molecule has 2 aromatic carbocycles. The number of aldehydes is 1. The summed E-state index contributed by atoms with van der Waals surface area (Å²) < 4.78 is 10.8. The summed E-state index contributed by atoms with van der Waals surface area (Å²) >= 11 is 0. The van der Waals surface area contributed by atoms with Gasteiger partial charge >= 0.3 is 0 Å². The lowest BCUT2D eigenvalue weighted by Gasteiger charge is -2.13. The zero-order valence-corrected chi connectivity index (χ0v) is 9.90. The Balaban J connectivity index is 2.79. The average molecular weight is 230 g/mol. The Bertz CT molecular complexity index is 546. The van der Waals surface area contributed by atoms with Gasteiger partial charge in [-0.05, 0) is 23.8 Å². The summed E-state index contributed by atoms with van der Waals surface area (Å²) in [6.45, 7) is 2.37. The van der Waals surface area contributed by atoms with Crippen LogP contribution in [0.2, 0.25) is 0 Å². The van der Waals surface area contributed by atoms with Gasteiger partial charge in [0.25, 0.3) is 0 Å². The fourth-order valence-corrected chi connectivity index (χ4v) is 1.89. The summed E-state index contributed by atoms with van der Waals surface area (Å²) in [5.74, 6) is 1.11. The van der Waals surface area contributed by atoms with E-state index < -0.39 is 0 Å². The van der Waals surface area contributed by atoms with E-state index in [1.54, 1.807) is 7.11 Å². The van der Waals surface area contributed by atoms with E-state index in [1.807, 2.05) is 37.3 Å². The van der Waals surface area contributed by atoms with Crippen LogP contribution in [0.15, 0.2) is 30.3 Å². The molecular formula is C14H14O3. The Kier molecular flexibility index (Phi) is 3.28. The minimum absolute atomic E-state index is 0.496. The van der Waals surface area contributed by atoms with Crippen molar-refractivity contribution in [2.24, 2.45) is 0 Å². The summed E-state index contributed by atoms with van der Waals surface area (Å²) in [4.78, 5) is 11.2. The Hall–Kier alpha value is -2.03. The highest BCUT2D eigenvalue weighted by Gasteiger charge is 2.14. The second-order valence-corrected chi connectivity index (χ2v) is 3.59. The lowest BCUT2D eigenvalue weighted by molar-refractivity contribution is 0.112. The van der Waals surface area contributed by atoms with Crippen LogP contribution in [0.4, 0.5) is 0 Å². The Morgan fingerprint density at radius 1 is 1.29 bits per heavy atom. The number of benzene rings is 2. The predicted molar refractivity (Wildman–Crippen MR) is 67.1 cm³/mol. The minimum atomic E-state index is 0.496. The van der Waals surface area contributed by atoms with E-state index in [9.17, 15) is 4.79 Å². The van der Waals surface area contributed by atoms with Gasteiger partial charge in [-0.15, -0.1) is 0 Å². The second-order valence-electron chi connectivity index (χ2n) is 3.59. The molecule has 0 amide bonds. The van der Waals surface area contributed by atoms with Crippen molar-refractivity contribution in [1.29, 1.82) is 0 Å². The maximum atomic E-state index is 11.2. The maximum Gasteiger partial charge on any atom is 0.172 e. The molecule has 0 unspecified atom stereocenters. The predicted octanol–water partition coefficient (Wildman–Crippen LogP) is 3.06. The van der Waals surface area contributed by atoms with Crippen molar-refractivity contribution >= 4 is 17.1 Å². The van der Waals surface area contributed by atoms with Crippen molar-refractivity contribution in [2.45, 2.75) is 6.92 Å². The van der Waals surface area contributed by atoms with E-state index >= 15 is 0 Å². The van der Waals surface area contributed by atoms with E-state index in [1.165, 1.54) is 0 Å². The lowest BCUT2D eigenvalue weighted by Crippen LogP contribution is -2.00. The fraction of sp³-hybridized carbons (Fsp3) is 0.214. The molecule has 3 nitrogen and oxygen atoms in total. The molecule has 0 saturated heterocycles. The van der Waals surface area contributed by atoms with Gasteiger partial charge in [0.15, 0.2) is 17.8 Å². The van der Waals surface area contributed by atoms with Crippen LogP contribution >= 0.6 is 0 Å². The van der Waals surface area contributed by atoms with E-state index in [0.29, 0.717) is 23.7 Å². The molecule has 0 saturated carbocycles. The minimum Gasteiger partial charge on any atom is -0.493 e. The first-order chi connectivity index (χ1) is 8.31. The van der Waals surface area contributed by atoms with Gasteiger partial charge in [0, 0.05) is 0 Å².